The normalized spacial score (nSPS) is 20.2. The van der Waals surface area contributed by atoms with Crippen LogP contribution in [0, 0.1) is 11.6 Å². The van der Waals surface area contributed by atoms with Crippen LogP contribution >= 0.6 is 0 Å². The molecular weight excluding hydrogens is 504 g/mol. The smallest absolute Gasteiger partial charge is 0.416 e. The Morgan fingerprint density at radius 2 is 1.56 bits per heavy atom. The second-order valence-electron chi connectivity index (χ2n) is 8.62. The number of hydrogen-bond acceptors (Lipinski definition) is 3. The molecule has 0 saturated carbocycles. The molecule has 194 valence electrons. The van der Waals surface area contributed by atoms with E-state index >= 15 is 0 Å². The van der Waals surface area contributed by atoms with Gasteiger partial charge in [-0.25, -0.2) is 13.6 Å². The molecule has 1 atom stereocenters. The van der Waals surface area contributed by atoms with Gasteiger partial charge in [0, 0.05) is 44.0 Å². The van der Waals surface area contributed by atoms with Crippen LogP contribution in [0.2, 0.25) is 0 Å². The monoisotopic (exact) mass is 522 g/mol. The molecule has 2 aromatic rings. The number of rotatable bonds is 2. The zero-order valence-corrected chi connectivity index (χ0v) is 18.3. The fraction of sp³-hybridized carbons (Fsp3) is 0.391. The number of ether oxygens (including phenoxy) is 1. The van der Waals surface area contributed by atoms with Gasteiger partial charge < -0.3 is 15.0 Å². The molecule has 2 heterocycles. The van der Waals surface area contributed by atoms with Crippen molar-refractivity contribution in [3.63, 3.8) is 0 Å². The number of alkyl carbamates (subject to hydrolysis) is 1. The molecule has 5 nitrogen and oxygen atoms in total. The Bertz CT molecular complexity index is 1150. The lowest BCUT2D eigenvalue weighted by molar-refractivity contribution is -0.143. The van der Waals surface area contributed by atoms with Crippen molar-refractivity contribution in [1.29, 1.82) is 0 Å². The van der Waals surface area contributed by atoms with Gasteiger partial charge in [-0.15, -0.1) is 0 Å². The third-order valence-electron chi connectivity index (χ3n) is 6.47. The molecule has 2 aliphatic rings. The molecule has 2 aliphatic heterocycles. The minimum absolute atomic E-state index is 0.0672. The predicted octanol–water partition coefficient (Wildman–Crippen LogP) is 5.50. The number of hydrogen-bond donors (Lipinski definition) is 1. The quantitative estimate of drug-likeness (QED) is 0.530. The van der Waals surface area contributed by atoms with E-state index in [1.807, 2.05) is 0 Å². The summed E-state index contributed by atoms with van der Waals surface area (Å²) in [6.45, 7) is -0.524. The first kappa shape index (κ1) is 25.7. The minimum atomic E-state index is -5.12. The number of halogens is 8. The van der Waals surface area contributed by atoms with Gasteiger partial charge in [-0.3, -0.25) is 4.79 Å². The van der Waals surface area contributed by atoms with Crippen molar-refractivity contribution >= 4 is 12.0 Å². The van der Waals surface area contributed by atoms with Gasteiger partial charge in [0.15, 0.2) is 11.6 Å². The molecule has 4 rings (SSSR count). The van der Waals surface area contributed by atoms with Crippen molar-refractivity contribution in [2.24, 2.45) is 0 Å². The summed E-state index contributed by atoms with van der Waals surface area (Å²) in [5, 5.41) is 2.41. The third-order valence-corrected chi connectivity index (χ3v) is 6.47. The number of nitrogens with zero attached hydrogens (tertiary/aromatic N) is 1. The number of nitrogens with one attached hydrogen (secondary N) is 1. The van der Waals surface area contributed by atoms with Crippen molar-refractivity contribution < 1.29 is 49.4 Å². The first-order valence-electron chi connectivity index (χ1n) is 10.7. The Hall–Kier alpha value is -3.38. The third kappa shape index (κ3) is 4.82. The van der Waals surface area contributed by atoms with E-state index in [2.05, 4.69) is 5.32 Å². The Morgan fingerprint density at radius 1 is 0.972 bits per heavy atom. The van der Waals surface area contributed by atoms with E-state index in [-0.39, 0.29) is 44.1 Å². The molecule has 0 bridgehead atoms. The van der Waals surface area contributed by atoms with Crippen LogP contribution in [0.1, 0.15) is 45.8 Å². The summed E-state index contributed by atoms with van der Waals surface area (Å²) in [7, 11) is 0. The Kier molecular flexibility index (Phi) is 6.38. The van der Waals surface area contributed by atoms with Crippen molar-refractivity contribution in [2.45, 2.75) is 36.7 Å². The highest BCUT2D eigenvalue weighted by molar-refractivity contribution is 5.94. The lowest BCUT2D eigenvalue weighted by Gasteiger charge is -2.48. The van der Waals surface area contributed by atoms with Crippen molar-refractivity contribution in [3.05, 3.63) is 70.3 Å². The van der Waals surface area contributed by atoms with Crippen LogP contribution in [0.15, 0.2) is 36.4 Å². The maximum atomic E-state index is 14.5. The Morgan fingerprint density at radius 3 is 2.11 bits per heavy atom. The van der Waals surface area contributed by atoms with Gasteiger partial charge in [0.2, 0.25) is 0 Å². The van der Waals surface area contributed by atoms with Crippen LogP contribution in [0.4, 0.5) is 39.9 Å². The number of carbonyl (C=O) groups is 2. The van der Waals surface area contributed by atoms with E-state index in [4.69, 9.17) is 4.74 Å². The van der Waals surface area contributed by atoms with Gasteiger partial charge in [-0.1, -0.05) is 12.1 Å². The number of amides is 2. The molecule has 2 fully saturated rings. The van der Waals surface area contributed by atoms with Crippen LogP contribution < -0.4 is 5.32 Å². The van der Waals surface area contributed by atoms with Gasteiger partial charge in [-0.05, 0) is 29.8 Å². The molecule has 36 heavy (non-hydrogen) atoms. The first-order valence-corrected chi connectivity index (χ1v) is 10.7. The van der Waals surface area contributed by atoms with Crippen LogP contribution in [0.3, 0.4) is 0 Å². The molecule has 0 aliphatic carbocycles. The van der Waals surface area contributed by atoms with Gasteiger partial charge in [-0.2, -0.15) is 26.3 Å². The van der Waals surface area contributed by atoms with Crippen LogP contribution in [-0.2, 0) is 17.1 Å². The minimum Gasteiger partial charge on any atom is -0.442 e. The fourth-order valence-corrected chi connectivity index (χ4v) is 4.65. The molecule has 0 radical (unpaired) electrons. The highest BCUT2D eigenvalue weighted by atomic mass is 19.4. The Labute approximate surface area is 199 Å². The van der Waals surface area contributed by atoms with Crippen LogP contribution in [0.25, 0.3) is 0 Å². The zero-order chi connectivity index (χ0) is 26.5. The van der Waals surface area contributed by atoms with Gasteiger partial charge in [0.25, 0.3) is 5.91 Å². The molecule has 2 saturated heterocycles. The Balaban J connectivity index is 1.61. The van der Waals surface area contributed by atoms with Crippen molar-refractivity contribution in [3.8, 4) is 0 Å². The van der Waals surface area contributed by atoms with Gasteiger partial charge in [0.05, 0.1) is 11.1 Å². The summed E-state index contributed by atoms with van der Waals surface area (Å²) in [6.07, 6.45) is -11.3. The van der Waals surface area contributed by atoms with E-state index < -0.39 is 64.2 Å². The van der Waals surface area contributed by atoms with E-state index in [0.717, 1.165) is 11.0 Å². The van der Waals surface area contributed by atoms with E-state index in [1.54, 1.807) is 0 Å². The van der Waals surface area contributed by atoms with Crippen LogP contribution in [-0.4, -0.2) is 42.1 Å². The molecular formula is C23H18F8N2O3. The van der Waals surface area contributed by atoms with Crippen LogP contribution in [0.5, 0.6) is 0 Å². The molecule has 1 spiro atoms. The molecule has 2 aromatic carbocycles. The largest absolute Gasteiger partial charge is 0.442 e. The maximum Gasteiger partial charge on any atom is 0.416 e. The lowest BCUT2D eigenvalue weighted by atomic mass is 9.74. The SMILES string of the molecule is O=C1NC[C@H](c2cccc(F)c2F)C2(CCN(C(=O)c3cc(C(F)(F)F)cc(C(F)(F)F)c3)CC2)O1. The highest BCUT2D eigenvalue weighted by Crippen LogP contribution is 2.43. The molecule has 1 N–H and O–H groups in total. The average molecular weight is 522 g/mol. The molecule has 0 unspecified atom stereocenters. The van der Waals surface area contributed by atoms with E-state index in [1.165, 1.54) is 12.1 Å². The number of likely N-dealkylation sites (tertiary alicyclic amines) is 1. The highest BCUT2D eigenvalue weighted by Gasteiger charge is 2.50. The summed E-state index contributed by atoms with van der Waals surface area (Å²) < 4.78 is 113. The zero-order valence-electron chi connectivity index (χ0n) is 18.3. The number of benzene rings is 2. The summed E-state index contributed by atoms with van der Waals surface area (Å²) in [5.41, 5.74) is -5.48. The lowest BCUT2D eigenvalue weighted by Crippen LogP contribution is -2.58. The average Bonchev–Trinajstić information content (AvgIpc) is 2.80. The summed E-state index contributed by atoms with van der Waals surface area (Å²) >= 11 is 0. The predicted molar refractivity (Wildman–Crippen MR) is 108 cm³/mol. The standard InChI is InChI=1S/C23H18F8N2O3/c24-17-3-1-2-15(18(17)25)16-11-32-20(35)36-21(16)4-6-33(7-5-21)19(34)12-8-13(22(26,27)28)10-14(9-12)23(29,30)31/h1-3,8-10,16H,4-7,11H2,(H,32,35)/t16-/m1/s1. The number of carbonyl (C=O) groups excluding carboxylic acids is 2. The second-order valence-corrected chi connectivity index (χ2v) is 8.62. The maximum absolute atomic E-state index is 14.5. The summed E-state index contributed by atoms with van der Waals surface area (Å²) in [4.78, 5) is 25.9. The van der Waals surface area contributed by atoms with Crippen molar-refractivity contribution in [2.75, 3.05) is 19.6 Å². The molecule has 13 heteroatoms. The number of alkyl halides is 6. The molecule has 2 amide bonds. The summed E-state index contributed by atoms with van der Waals surface area (Å²) in [6, 6.07) is 4.13. The topological polar surface area (TPSA) is 58.6 Å². The second kappa shape index (κ2) is 8.93. The fourth-order valence-electron chi connectivity index (χ4n) is 4.65. The number of piperidine rings is 1. The van der Waals surface area contributed by atoms with E-state index in [9.17, 15) is 44.7 Å². The first-order chi connectivity index (χ1) is 16.7. The molecule has 0 aromatic heterocycles. The van der Waals surface area contributed by atoms with Crippen molar-refractivity contribution in [1.82, 2.24) is 10.2 Å². The van der Waals surface area contributed by atoms with E-state index in [0.29, 0.717) is 12.1 Å². The summed E-state index contributed by atoms with van der Waals surface area (Å²) in [5.74, 6) is -4.18. The van der Waals surface area contributed by atoms with Gasteiger partial charge in [0.1, 0.15) is 5.60 Å². The van der Waals surface area contributed by atoms with Gasteiger partial charge >= 0.3 is 18.4 Å².